The number of carbonyl (C=O) groups is 1. The van der Waals surface area contributed by atoms with Crippen molar-refractivity contribution in [3.05, 3.63) is 94.3 Å². The number of nitrogens with zero attached hydrogens (tertiary/aromatic N) is 3. The Morgan fingerprint density at radius 1 is 1.00 bits per heavy atom. The highest BCUT2D eigenvalue weighted by Crippen LogP contribution is 2.26. The van der Waals surface area contributed by atoms with Gasteiger partial charge in [0.05, 0.1) is 16.7 Å². The first-order valence-electron chi connectivity index (χ1n) is 9.81. The van der Waals surface area contributed by atoms with Crippen molar-refractivity contribution in [2.75, 3.05) is 5.43 Å². The van der Waals surface area contributed by atoms with Crippen molar-refractivity contribution >= 4 is 62.0 Å². The molecule has 9 heteroatoms. The number of para-hydroxylation sites is 3. The summed E-state index contributed by atoms with van der Waals surface area (Å²) in [6, 6.07) is 22.5. The largest absolute Gasteiger partial charge is 0.422 e. The standard InChI is InChI=1S/C24H14Cl2N4O3/c25-15-9-11-16(12-10-15)28-29-21(26)23(31)30-19-7-3-2-6-18(19)27-22(30)17-13-14-5-1-4-8-20(14)33-24(17)32/h1-13,28H/b29-21-. The maximum absolute atomic E-state index is 13.3. The normalized spacial score (nSPS) is 11.8. The Bertz CT molecular complexity index is 1600. The molecular weight excluding hydrogens is 463 g/mol. The number of hydrogen-bond donors (Lipinski definition) is 1. The van der Waals surface area contributed by atoms with Crippen LogP contribution < -0.4 is 11.1 Å². The molecule has 3 aromatic carbocycles. The third kappa shape index (κ3) is 4.00. The highest BCUT2D eigenvalue weighted by atomic mass is 35.5. The number of halogens is 2. The van der Waals surface area contributed by atoms with Crippen LogP contribution in [0.4, 0.5) is 5.69 Å². The maximum atomic E-state index is 13.3. The zero-order valence-electron chi connectivity index (χ0n) is 16.8. The molecule has 0 aliphatic heterocycles. The zero-order valence-corrected chi connectivity index (χ0v) is 18.3. The van der Waals surface area contributed by atoms with Crippen molar-refractivity contribution in [3.63, 3.8) is 0 Å². The van der Waals surface area contributed by atoms with Gasteiger partial charge in [0.15, 0.2) is 5.82 Å². The molecule has 7 nitrogen and oxygen atoms in total. The number of benzene rings is 3. The number of aromatic nitrogens is 2. The van der Waals surface area contributed by atoms with E-state index in [-0.39, 0.29) is 16.6 Å². The van der Waals surface area contributed by atoms with E-state index in [2.05, 4.69) is 15.5 Å². The van der Waals surface area contributed by atoms with E-state index in [4.69, 9.17) is 27.6 Å². The van der Waals surface area contributed by atoms with Gasteiger partial charge in [-0.2, -0.15) is 5.10 Å². The minimum Gasteiger partial charge on any atom is -0.422 e. The maximum Gasteiger partial charge on any atom is 0.347 e. The second-order valence-corrected chi connectivity index (χ2v) is 7.87. The van der Waals surface area contributed by atoms with Crippen molar-refractivity contribution in [2.45, 2.75) is 0 Å². The van der Waals surface area contributed by atoms with E-state index in [0.717, 1.165) is 0 Å². The fourth-order valence-electron chi connectivity index (χ4n) is 3.41. The van der Waals surface area contributed by atoms with E-state index in [1.54, 1.807) is 72.8 Å². The number of anilines is 1. The molecular formula is C24H14Cl2N4O3. The number of hydrazone groups is 1. The summed E-state index contributed by atoms with van der Waals surface area (Å²) in [6.07, 6.45) is 0. The topological polar surface area (TPSA) is 89.5 Å². The lowest BCUT2D eigenvalue weighted by atomic mass is 10.2. The van der Waals surface area contributed by atoms with Gasteiger partial charge in [-0.1, -0.05) is 53.5 Å². The van der Waals surface area contributed by atoms with Gasteiger partial charge in [-0.15, -0.1) is 0 Å². The second-order valence-electron chi connectivity index (χ2n) is 7.07. The molecule has 2 heterocycles. The SMILES string of the molecule is O=C(/C(Cl)=N/Nc1ccc(Cl)cc1)n1c(-c2cc3ccccc3oc2=O)nc2ccccc21. The van der Waals surface area contributed by atoms with Crippen molar-refractivity contribution < 1.29 is 9.21 Å². The van der Waals surface area contributed by atoms with Crippen LogP contribution in [0.15, 0.2) is 93.2 Å². The first-order valence-corrected chi connectivity index (χ1v) is 10.6. The lowest BCUT2D eigenvalue weighted by molar-refractivity contribution is 0.0999. The van der Waals surface area contributed by atoms with E-state index in [1.807, 2.05) is 6.07 Å². The summed E-state index contributed by atoms with van der Waals surface area (Å²) in [5, 5.41) is 4.90. The lowest BCUT2D eigenvalue weighted by Gasteiger charge is -2.07. The van der Waals surface area contributed by atoms with Crippen LogP contribution in [0.3, 0.4) is 0 Å². The van der Waals surface area contributed by atoms with E-state index in [1.165, 1.54) is 4.57 Å². The molecule has 33 heavy (non-hydrogen) atoms. The van der Waals surface area contributed by atoms with Gasteiger partial charge in [0.25, 0.3) is 5.91 Å². The van der Waals surface area contributed by atoms with Gasteiger partial charge in [-0.05, 0) is 48.5 Å². The third-order valence-corrected chi connectivity index (χ3v) is 5.45. The fourth-order valence-corrected chi connectivity index (χ4v) is 3.66. The second kappa shape index (κ2) is 8.54. The Morgan fingerprint density at radius 2 is 1.73 bits per heavy atom. The lowest BCUT2D eigenvalue weighted by Crippen LogP contribution is -2.21. The van der Waals surface area contributed by atoms with Crippen LogP contribution in [-0.2, 0) is 0 Å². The molecule has 5 aromatic rings. The van der Waals surface area contributed by atoms with Crippen LogP contribution in [0.2, 0.25) is 5.02 Å². The van der Waals surface area contributed by atoms with Gasteiger partial charge in [0, 0.05) is 10.4 Å². The van der Waals surface area contributed by atoms with Crippen LogP contribution in [-0.4, -0.2) is 20.6 Å². The Labute approximate surface area is 196 Å². The number of rotatable bonds is 4. The molecule has 0 saturated carbocycles. The van der Waals surface area contributed by atoms with Crippen LogP contribution in [0.5, 0.6) is 0 Å². The molecule has 1 N–H and O–H groups in total. The van der Waals surface area contributed by atoms with Crippen molar-refractivity contribution in [1.29, 1.82) is 0 Å². The summed E-state index contributed by atoms with van der Waals surface area (Å²) in [5.41, 5.74) is 4.26. The summed E-state index contributed by atoms with van der Waals surface area (Å²) in [4.78, 5) is 30.6. The highest BCUT2D eigenvalue weighted by Gasteiger charge is 2.24. The molecule has 0 bridgehead atoms. The van der Waals surface area contributed by atoms with Gasteiger partial charge in [0.1, 0.15) is 11.1 Å². The van der Waals surface area contributed by atoms with Gasteiger partial charge >= 0.3 is 5.63 Å². The van der Waals surface area contributed by atoms with Crippen molar-refractivity contribution in [1.82, 2.24) is 9.55 Å². The molecule has 162 valence electrons. The Balaban J connectivity index is 1.62. The molecule has 5 rings (SSSR count). The van der Waals surface area contributed by atoms with Crippen molar-refractivity contribution in [2.24, 2.45) is 5.10 Å². The summed E-state index contributed by atoms with van der Waals surface area (Å²) < 4.78 is 6.70. The van der Waals surface area contributed by atoms with E-state index in [0.29, 0.717) is 32.7 Å². The Hall–Kier alpha value is -3.94. The molecule has 0 radical (unpaired) electrons. The smallest absolute Gasteiger partial charge is 0.347 e. The molecule has 0 aliphatic carbocycles. The van der Waals surface area contributed by atoms with E-state index >= 15 is 0 Å². The van der Waals surface area contributed by atoms with Gasteiger partial charge in [-0.25, -0.2) is 9.78 Å². The first-order chi connectivity index (χ1) is 16.0. The minimum absolute atomic E-state index is 0.112. The van der Waals surface area contributed by atoms with Crippen LogP contribution in [0, 0.1) is 0 Å². The minimum atomic E-state index is -0.658. The molecule has 0 fully saturated rings. The van der Waals surface area contributed by atoms with E-state index in [9.17, 15) is 9.59 Å². The van der Waals surface area contributed by atoms with Crippen LogP contribution >= 0.6 is 23.2 Å². The molecule has 0 spiro atoms. The van der Waals surface area contributed by atoms with Gasteiger partial charge < -0.3 is 4.42 Å². The van der Waals surface area contributed by atoms with Gasteiger partial charge in [-0.3, -0.25) is 14.8 Å². The number of fused-ring (bicyclic) bond motifs is 2. The number of imidazole rings is 1. The molecule has 2 aromatic heterocycles. The molecule has 0 amide bonds. The summed E-state index contributed by atoms with van der Waals surface area (Å²) in [5.74, 6) is -0.546. The molecule has 0 aliphatic rings. The number of carbonyl (C=O) groups excluding carboxylic acids is 1. The average molecular weight is 477 g/mol. The summed E-state index contributed by atoms with van der Waals surface area (Å²) in [7, 11) is 0. The van der Waals surface area contributed by atoms with Crippen molar-refractivity contribution in [3.8, 4) is 11.4 Å². The molecule has 0 unspecified atom stereocenters. The monoisotopic (exact) mass is 476 g/mol. The Kier molecular flexibility index (Phi) is 5.42. The van der Waals surface area contributed by atoms with E-state index < -0.39 is 11.5 Å². The van der Waals surface area contributed by atoms with Crippen LogP contribution in [0.25, 0.3) is 33.4 Å². The molecule has 0 saturated heterocycles. The van der Waals surface area contributed by atoms with Gasteiger partial charge in [0.2, 0.25) is 5.17 Å². The predicted octanol–water partition coefficient (Wildman–Crippen LogP) is 5.77. The fraction of sp³-hybridized carbons (Fsp3) is 0. The average Bonchev–Trinajstić information content (AvgIpc) is 3.21. The zero-order chi connectivity index (χ0) is 22.9. The number of nitrogens with one attached hydrogen (secondary N) is 1. The van der Waals surface area contributed by atoms with Crippen LogP contribution in [0.1, 0.15) is 4.79 Å². The predicted molar refractivity (Wildman–Crippen MR) is 130 cm³/mol. The summed E-state index contributed by atoms with van der Waals surface area (Å²) in [6.45, 7) is 0. The molecule has 0 atom stereocenters. The quantitative estimate of drug-likeness (QED) is 0.202. The third-order valence-electron chi connectivity index (χ3n) is 4.95. The Morgan fingerprint density at radius 3 is 2.55 bits per heavy atom. The highest BCUT2D eigenvalue weighted by molar-refractivity contribution is 6.83. The number of hydrogen-bond acceptors (Lipinski definition) is 6. The first kappa shape index (κ1) is 20.9. The summed E-state index contributed by atoms with van der Waals surface area (Å²) >= 11 is 12.1.